The van der Waals surface area contributed by atoms with Crippen LogP contribution in [0.25, 0.3) is 0 Å². The Morgan fingerprint density at radius 3 is 2.65 bits per heavy atom. The highest BCUT2D eigenvalue weighted by molar-refractivity contribution is 5.33. The number of nitrogens with zero attached hydrogens (tertiary/aromatic N) is 1. The maximum Gasteiger partial charge on any atom is 0.123 e. The summed E-state index contributed by atoms with van der Waals surface area (Å²) in [6, 6.07) is 9.89. The minimum atomic E-state index is 0.120. The van der Waals surface area contributed by atoms with Gasteiger partial charge < -0.3 is 14.3 Å². The van der Waals surface area contributed by atoms with Crippen LogP contribution < -0.4 is 4.74 Å². The number of para-hydroxylation sites is 1. The lowest BCUT2D eigenvalue weighted by Gasteiger charge is -2.21. The Bertz CT molecular complexity index is 536. The van der Waals surface area contributed by atoms with Gasteiger partial charge in [0, 0.05) is 18.7 Å². The molecule has 0 unspecified atom stereocenters. The van der Waals surface area contributed by atoms with Crippen LogP contribution in [0.2, 0.25) is 0 Å². The fourth-order valence-electron chi connectivity index (χ4n) is 2.20. The molecule has 0 atom stereocenters. The van der Waals surface area contributed by atoms with Crippen LogP contribution in [0.4, 0.5) is 0 Å². The topological polar surface area (TPSA) is 45.8 Å². The number of hydrogen-bond acceptors (Lipinski definition) is 4. The highest BCUT2D eigenvalue weighted by atomic mass is 16.5. The lowest BCUT2D eigenvalue weighted by atomic mass is 10.1. The third-order valence-corrected chi connectivity index (χ3v) is 3.34. The number of ether oxygens (including phenoxy) is 1. The molecule has 0 fully saturated rings. The molecule has 20 heavy (non-hydrogen) atoms. The van der Waals surface area contributed by atoms with Crippen molar-refractivity contribution in [3.8, 4) is 5.75 Å². The minimum absolute atomic E-state index is 0.120. The Balaban J connectivity index is 2.11. The normalized spacial score (nSPS) is 11.0. The van der Waals surface area contributed by atoms with Crippen molar-refractivity contribution in [1.82, 2.24) is 4.90 Å². The maximum absolute atomic E-state index is 9.24. The molecule has 0 bridgehead atoms. The number of furan rings is 1. The van der Waals surface area contributed by atoms with Crippen molar-refractivity contribution >= 4 is 0 Å². The summed E-state index contributed by atoms with van der Waals surface area (Å²) in [5, 5.41) is 9.24. The van der Waals surface area contributed by atoms with Gasteiger partial charge in [0.05, 0.1) is 26.5 Å². The van der Waals surface area contributed by atoms with Crippen molar-refractivity contribution in [2.75, 3.05) is 20.3 Å². The summed E-state index contributed by atoms with van der Waals surface area (Å²) in [7, 11) is 1.67. The highest BCUT2D eigenvalue weighted by Crippen LogP contribution is 2.21. The molecule has 2 rings (SSSR count). The third kappa shape index (κ3) is 3.62. The van der Waals surface area contributed by atoms with E-state index in [2.05, 4.69) is 4.90 Å². The number of aliphatic hydroxyl groups is 1. The molecule has 0 radical (unpaired) electrons. The second-order valence-electron chi connectivity index (χ2n) is 4.77. The molecule has 0 saturated heterocycles. The van der Waals surface area contributed by atoms with Gasteiger partial charge in [0.2, 0.25) is 0 Å². The summed E-state index contributed by atoms with van der Waals surface area (Å²) >= 11 is 0. The molecule has 0 saturated carbocycles. The Hall–Kier alpha value is -1.78. The van der Waals surface area contributed by atoms with E-state index in [0.717, 1.165) is 22.6 Å². The van der Waals surface area contributed by atoms with Crippen molar-refractivity contribution in [3.05, 3.63) is 53.5 Å². The number of aryl methyl sites for hydroxylation is 1. The fourth-order valence-corrected chi connectivity index (χ4v) is 2.20. The standard InChI is InChI=1S/C16H21NO3/c1-13-7-10-20-16(13)12-17(8-9-18)11-14-5-3-4-6-15(14)19-2/h3-7,10,18H,8-9,11-12H2,1-2H3. The van der Waals surface area contributed by atoms with Crippen LogP contribution >= 0.6 is 0 Å². The smallest absolute Gasteiger partial charge is 0.123 e. The third-order valence-electron chi connectivity index (χ3n) is 3.34. The first-order chi connectivity index (χ1) is 9.74. The van der Waals surface area contributed by atoms with Gasteiger partial charge in [-0.3, -0.25) is 4.90 Å². The first kappa shape index (κ1) is 14.6. The zero-order valence-corrected chi connectivity index (χ0v) is 12.0. The quantitative estimate of drug-likeness (QED) is 0.843. The molecule has 4 nitrogen and oxygen atoms in total. The molecule has 0 amide bonds. The first-order valence-electron chi connectivity index (χ1n) is 6.72. The Labute approximate surface area is 119 Å². The second kappa shape index (κ2) is 7.12. The van der Waals surface area contributed by atoms with Crippen molar-refractivity contribution in [3.63, 3.8) is 0 Å². The molecule has 0 spiro atoms. The van der Waals surface area contributed by atoms with Crippen molar-refractivity contribution in [2.45, 2.75) is 20.0 Å². The molecule has 0 aliphatic carbocycles. The van der Waals surface area contributed by atoms with Gasteiger partial charge in [0.25, 0.3) is 0 Å². The lowest BCUT2D eigenvalue weighted by Crippen LogP contribution is -2.26. The number of aliphatic hydroxyl groups excluding tert-OH is 1. The molecule has 4 heteroatoms. The molecular weight excluding hydrogens is 254 g/mol. The van der Waals surface area contributed by atoms with Crippen LogP contribution in [0, 0.1) is 6.92 Å². The van der Waals surface area contributed by atoms with Gasteiger partial charge in [0.15, 0.2) is 0 Å². The van der Waals surface area contributed by atoms with E-state index in [1.54, 1.807) is 13.4 Å². The summed E-state index contributed by atoms with van der Waals surface area (Å²) in [5.74, 6) is 1.81. The molecule has 1 N–H and O–H groups in total. The fraction of sp³-hybridized carbons (Fsp3) is 0.375. The summed E-state index contributed by atoms with van der Waals surface area (Å²) in [4.78, 5) is 2.14. The molecule has 0 aliphatic heterocycles. The molecule has 0 aliphatic rings. The van der Waals surface area contributed by atoms with Crippen molar-refractivity contribution in [2.24, 2.45) is 0 Å². The summed E-state index contributed by atoms with van der Waals surface area (Å²) in [5.41, 5.74) is 2.24. The summed E-state index contributed by atoms with van der Waals surface area (Å²) in [6.07, 6.45) is 1.70. The van der Waals surface area contributed by atoms with Crippen LogP contribution in [0.15, 0.2) is 41.0 Å². The highest BCUT2D eigenvalue weighted by Gasteiger charge is 2.12. The van der Waals surface area contributed by atoms with E-state index >= 15 is 0 Å². The van der Waals surface area contributed by atoms with Gasteiger partial charge in [-0.1, -0.05) is 18.2 Å². The first-order valence-corrected chi connectivity index (χ1v) is 6.72. The molecule has 1 aromatic heterocycles. The summed E-state index contributed by atoms with van der Waals surface area (Å²) in [6.45, 7) is 4.13. The van der Waals surface area contributed by atoms with E-state index < -0.39 is 0 Å². The monoisotopic (exact) mass is 275 g/mol. The van der Waals surface area contributed by atoms with Crippen molar-refractivity contribution in [1.29, 1.82) is 0 Å². The Morgan fingerprint density at radius 1 is 1.20 bits per heavy atom. The van der Waals surface area contributed by atoms with Crippen LogP contribution in [0.3, 0.4) is 0 Å². The van der Waals surface area contributed by atoms with Gasteiger partial charge in [-0.15, -0.1) is 0 Å². The molecule has 108 valence electrons. The van der Waals surface area contributed by atoms with E-state index in [1.807, 2.05) is 37.3 Å². The van der Waals surface area contributed by atoms with E-state index in [-0.39, 0.29) is 6.61 Å². The van der Waals surface area contributed by atoms with Gasteiger partial charge in [0.1, 0.15) is 11.5 Å². The predicted molar refractivity (Wildman–Crippen MR) is 77.6 cm³/mol. The van der Waals surface area contributed by atoms with Gasteiger partial charge in [-0.2, -0.15) is 0 Å². The predicted octanol–water partition coefficient (Wildman–Crippen LogP) is 2.59. The SMILES string of the molecule is COc1ccccc1CN(CCO)Cc1occc1C. The zero-order valence-electron chi connectivity index (χ0n) is 12.0. The van der Waals surface area contributed by atoms with E-state index in [0.29, 0.717) is 19.6 Å². The minimum Gasteiger partial charge on any atom is -0.496 e. The Kier molecular flexibility index (Phi) is 5.21. The van der Waals surface area contributed by atoms with Crippen LogP contribution in [-0.4, -0.2) is 30.3 Å². The number of benzene rings is 1. The van der Waals surface area contributed by atoms with Crippen LogP contribution in [0.5, 0.6) is 5.75 Å². The lowest BCUT2D eigenvalue weighted by molar-refractivity contribution is 0.173. The molecular formula is C16H21NO3. The van der Waals surface area contributed by atoms with Crippen molar-refractivity contribution < 1.29 is 14.3 Å². The summed E-state index contributed by atoms with van der Waals surface area (Å²) < 4.78 is 10.9. The zero-order chi connectivity index (χ0) is 14.4. The Morgan fingerprint density at radius 2 is 2.00 bits per heavy atom. The average molecular weight is 275 g/mol. The number of rotatable bonds is 7. The van der Waals surface area contributed by atoms with Gasteiger partial charge in [-0.25, -0.2) is 0 Å². The van der Waals surface area contributed by atoms with Crippen LogP contribution in [-0.2, 0) is 13.1 Å². The van der Waals surface area contributed by atoms with E-state index in [9.17, 15) is 5.11 Å². The average Bonchev–Trinajstić information content (AvgIpc) is 2.85. The van der Waals surface area contributed by atoms with Gasteiger partial charge in [-0.05, 0) is 24.6 Å². The number of methoxy groups -OCH3 is 1. The molecule has 1 aromatic carbocycles. The molecule has 1 heterocycles. The second-order valence-corrected chi connectivity index (χ2v) is 4.77. The van der Waals surface area contributed by atoms with E-state index in [4.69, 9.17) is 9.15 Å². The maximum atomic E-state index is 9.24. The molecule has 2 aromatic rings. The van der Waals surface area contributed by atoms with Gasteiger partial charge >= 0.3 is 0 Å². The van der Waals surface area contributed by atoms with Crippen LogP contribution in [0.1, 0.15) is 16.9 Å². The largest absolute Gasteiger partial charge is 0.496 e. The van der Waals surface area contributed by atoms with E-state index in [1.165, 1.54) is 0 Å². The number of hydrogen-bond donors (Lipinski definition) is 1.